The van der Waals surface area contributed by atoms with Crippen molar-refractivity contribution in [1.82, 2.24) is 9.21 Å². The van der Waals surface area contributed by atoms with Crippen LogP contribution in [-0.2, 0) is 14.8 Å². The van der Waals surface area contributed by atoms with Crippen molar-refractivity contribution >= 4 is 27.7 Å². The molecule has 1 aromatic carbocycles. The molecule has 1 saturated heterocycles. The van der Waals surface area contributed by atoms with Crippen molar-refractivity contribution in [2.24, 2.45) is 0 Å². The number of sulfonamides is 1. The fourth-order valence-electron chi connectivity index (χ4n) is 2.22. The molecule has 1 aliphatic heterocycles. The summed E-state index contributed by atoms with van der Waals surface area (Å²) in [6, 6.07) is 6.18. The van der Waals surface area contributed by atoms with E-state index in [4.69, 9.17) is 11.6 Å². The van der Waals surface area contributed by atoms with Gasteiger partial charge in [0.15, 0.2) is 0 Å². The van der Waals surface area contributed by atoms with Crippen LogP contribution in [0.1, 0.15) is 6.42 Å². The zero-order valence-corrected chi connectivity index (χ0v) is 13.2. The highest BCUT2D eigenvalue weighted by Gasteiger charge is 2.28. The third-order valence-electron chi connectivity index (χ3n) is 3.32. The number of amides is 1. The fraction of sp³-hybridized carbons (Fsp3) is 0.462. The number of nitrogens with zero attached hydrogens (tertiary/aromatic N) is 2. The van der Waals surface area contributed by atoms with Crippen molar-refractivity contribution in [2.75, 3.05) is 33.3 Å². The summed E-state index contributed by atoms with van der Waals surface area (Å²) in [6.07, 6.45) is 0.131. The number of halogens is 1. The van der Waals surface area contributed by atoms with E-state index in [1.807, 2.05) is 0 Å². The van der Waals surface area contributed by atoms with Crippen LogP contribution in [0.4, 0.5) is 4.79 Å². The van der Waals surface area contributed by atoms with Crippen LogP contribution in [0.5, 0.6) is 0 Å². The van der Waals surface area contributed by atoms with Gasteiger partial charge in [-0.05, 0) is 24.6 Å². The van der Waals surface area contributed by atoms with Gasteiger partial charge < -0.3 is 9.64 Å². The molecule has 0 radical (unpaired) electrons. The fourth-order valence-corrected chi connectivity index (χ4v) is 3.99. The van der Waals surface area contributed by atoms with Gasteiger partial charge in [-0.2, -0.15) is 4.31 Å². The highest BCUT2D eigenvalue weighted by molar-refractivity contribution is 7.89. The molecule has 0 bridgehead atoms. The molecule has 21 heavy (non-hydrogen) atoms. The number of rotatable bonds is 2. The Morgan fingerprint density at radius 1 is 1.24 bits per heavy atom. The molecule has 0 unspecified atom stereocenters. The lowest BCUT2D eigenvalue weighted by atomic mass is 10.4. The Hall–Kier alpha value is -1.31. The van der Waals surface area contributed by atoms with Gasteiger partial charge >= 0.3 is 6.09 Å². The van der Waals surface area contributed by atoms with E-state index in [1.54, 1.807) is 12.1 Å². The zero-order chi connectivity index (χ0) is 15.5. The predicted octanol–water partition coefficient (Wildman–Crippen LogP) is 1.80. The zero-order valence-electron chi connectivity index (χ0n) is 11.7. The molecule has 116 valence electrons. The number of carbonyl (C=O) groups is 1. The average molecular weight is 333 g/mol. The van der Waals surface area contributed by atoms with E-state index in [9.17, 15) is 13.2 Å². The summed E-state index contributed by atoms with van der Waals surface area (Å²) in [6.45, 7) is 1.40. The number of hydrogen-bond acceptors (Lipinski definition) is 4. The molecule has 1 amide bonds. The van der Waals surface area contributed by atoms with Gasteiger partial charge in [-0.25, -0.2) is 13.2 Å². The van der Waals surface area contributed by atoms with E-state index in [1.165, 1.54) is 28.4 Å². The number of carbonyl (C=O) groups excluding carboxylic acids is 1. The summed E-state index contributed by atoms with van der Waals surface area (Å²) in [5, 5.41) is 0.377. The Morgan fingerprint density at radius 3 is 2.67 bits per heavy atom. The number of hydrogen-bond donors (Lipinski definition) is 0. The van der Waals surface area contributed by atoms with Crippen LogP contribution < -0.4 is 0 Å². The van der Waals surface area contributed by atoms with Gasteiger partial charge in [0.1, 0.15) is 0 Å². The van der Waals surface area contributed by atoms with Crippen LogP contribution in [0, 0.1) is 0 Å². The van der Waals surface area contributed by atoms with E-state index >= 15 is 0 Å². The molecule has 0 spiro atoms. The van der Waals surface area contributed by atoms with Crippen molar-refractivity contribution in [3.8, 4) is 0 Å². The number of ether oxygens (including phenoxy) is 1. The Bertz CT molecular complexity index is 620. The van der Waals surface area contributed by atoms with Crippen LogP contribution in [0.25, 0.3) is 0 Å². The molecule has 0 aromatic heterocycles. The molecule has 0 saturated carbocycles. The van der Waals surface area contributed by atoms with Gasteiger partial charge in [0, 0.05) is 31.2 Å². The molecule has 6 nitrogen and oxygen atoms in total. The first-order chi connectivity index (χ1) is 9.95. The lowest BCUT2D eigenvalue weighted by Gasteiger charge is -2.21. The van der Waals surface area contributed by atoms with E-state index in [0.29, 0.717) is 31.1 Å². The Balaban J connectivity index is 2.16. The highest BCUT2D eigenvalue weighted by atomic mass is 35.5. The maximum atomic E-state index is 12.6. The maximum absolute atomic E-state index is 12.6. The monoisotopic (exact) mass is 332 g/mol. The quantitative estimate of drug-likeness (QED) is 0.828. The first-order valence-corrected chi connectivity index (χ1v) is 8.35. The minimum Gasteiger partial charge on any atom is -0.453 e. The van der Waals surface area contributed by atoms with Crippen molar-refractivity contribution in [3.63, 3.8) is 0 Å². The topological polar surface area (TPSA) is 66.9 Å². The molecular weight excluding hydrogens is 316 g/mol. The molecular formula is C13H17ClN2O4S. The average Bonchev–Trinajstić information content (AvgIpc) is 2.72. The predicted molar refractivity (Wildman–Crippen MR) is 78.8 cm³/mol. The molecule has 0 N–H and O–H groups in total. The van der Waals surface area contributed by atoms with E-state index in [0.717, 1.165) is 0 Å². The van der Waals surface area contributed by atoms with E-state index < -0.39 is 16.1 Å². The standard InChI is InChI=1S/C13H17ClN2O4S/c1-20-13(17)15-6-3-7-16(9-8-15)21(18,19)12-5-2-4-11(14)10-12/h2,4-5,10H,3,6-9H2,1H3. The van der Waals surface area contributed by atoms with Gasteiger partial charge in [-0.1, -0.05) is 17.7 Å². The summed E-state index contributed by atoms with van der Waals surface area (Å²) < 4.78 is 31.2. The van der Waals surface area contributed by atoms with Gasteiger partial charge in [0.25, 0.3) is 0 Å². The van der Waals surface area contributed by atoms with E-state index in [2.05, 4.69) is 4.74 Å². The van der Waals surface area contributed by atoms with Gasteiger partial charge in [-0.15, -0.1) is 0 Å². The van der Waals surface area contributed by atoms with Gasteiger partial charge in [0.05, 0.1) is 12.0 Å². The maximum Gasteiger partial charge on any atom is 0.409 e. The van der Waals surface area contributed by atoms with Crippen molar-refractivity contribution in [2.45, 2.75) is 11.3 Å². The van der Waals surface area contributed by atoms with E-state index in [-0.39, 0.29) is 11.4 Å². The highest BCUT2D eigenvalue weighted by Crippen LogP contribution is 2.21. The second kappa shape index (κ2) is 6.64. The van der Waals surface area contributed by atoms with Crippen LogP contribution in [-0.4, -0.2) is 57.0 Å². The minimum atomic E-state index is -3.59. The molecule has 8 heteroatoms. The summed E-state index contributed by atoms with van der Waals surface area (Å²) >= 11 is 5.85. The van der Waals surface area contributed by atoms with Crippen LogP contribution in [0.3, 0.4) is 0 Å². The van der Waals surface area contributed by atoms with Crippen LogP contribution in [0.2, 0.25) is 5.02 Å². The summed E-state index contributed by atoms with van der Waals surface area (Å²) in [7, 11) is -2.28. The first-order valence-electron chi connectivity index (χ1n) is 6.54. The van der Waals surface area contributed by atoms with Crippen LogP contribution in [0.15, 0.2) is 29.2 Å². The molecule has 1 aliphatic rings. The Kier molecular flexibility index (Phi) is 5.08. The number of methoxy groups -OCH3 is 1. The smallest absolute Gasteiger partial charge is 0.409 e. The normalized spacial score (nSPS) is 17.3. The molecule has 1 fully saturated rings. The summed E-state index contributed by atoms with van der Waals surface area (Å²) in [5.74, 6) is 0. The van der Waals surface area contributed by atoms with Crippen LogP contribution >= 0.6 is 11.6 Å². The van der Waals surface area contributed by atoms with Gasteiger partial charge in [-0.3, -0.25) is 0 Å². The molecule has 1 heterocycles. The van der Waals surface area contributed by atoms with Crippen molar-refractivity contribution < 1.29 is 17.9 Å². The summed E-state index contributed by atoms with van der Waals surface area (Å²) in [4.78, 5) is 13.2. The Morgan fingerprint density at radius 2 is 2.00 bits per heavy atom. The largest absolute Gasteiger partial charge is 0.453 e. The molecule has 0 aliphatic carbocycles. The molecule has 0 atom stereocenters. The Labute approximate surface area is 129 Å². The third kappa shape index (κ3) is 3.66. The number of benzene rings is 1. The van der Waals surface area contributed by atoms with Crippen molar-refractivity contribution in [3.05, 3.63) is 29.3 Å². The lowest BCUT2D eigenvalue weighted by molar-refractivity contribution is 0.126. The third-order valence-corrected chi connectivity index (χ3v) is 5.45. The SMILES string of the molecule is COC(=O)N1CCCN(S(=O)(=O)c2cccc(Cl)c2)CC1. The van der Waals surface area contributed by atoms with Gasteiger partial charge in [0.2, 0.25) is 10.0 Å². The first kappa shape index (κ1) is 16.1. The molecule has 1 aromatic rings. The minimum absolute atomic E-state index is 0.168. The second-order valence-electron chi connectivity index (χ2n) is 4.67. The second-order valence-corrected chi connectivity index (χ2v) is 7.05. The summed E-state index contributed by atoms with van der Waals surface area (Å²) in [5.41, 5.74) is 0. The van der Waals surface area contributed by atoms with Crippen molar-refractivity contribution in [1.29, 1.82) is 0 Å². The lowest BCUT2D eigenvalue weighted by Crippen LogP contribution is -2.37. The molecule has 2 rings (SSSR count).